The fourth-order valence-electron chi connectivity index (χ4n) is 2.95. The molecule has 0 spiro atoms. The molecule has 140 valence electrons. The van der Waals surface area contributed by atoms with E-state index in [0.717, 1.165) is 0 Å². The van der Waals surface area contributed by atoms with Crippen molar-refractivity contribution < 1.29 is 19.1 Å². The molecule has 0 amide bonds. The summed E-state index contributed by atoms with van der Waals surface area (Å²) in [6, 6.07) is 3.45. The van der Waals surface area contributed by atoms with Gasteiger partial charge >= 0.3 is 11.9 Å². The molecule has 0 aliphatic carbocycles. The lowest BCUT2D eigenvalue weighted by molar-refractivity contribution is -0.143. The Morgan fingerprint density at radius 3 is 2.38 bits per heavy atom. The Morgan fingerprint density at radius 2 is 1.85 bits per heavy atom. The van der Waals surface area contributed by atoms with Crippen LogP contribution in [0.1, 0.15) is 46.1 Å². The van der Waals surface area contributed by atoms with Gasteiger partial charge in [0.1, 0.15) is 5.15 Å². The molecular formula is C19H23ClN2O4. The lowest BCUT2D eigenvalue weighted by Crippen LogP contribution is -2.33. The number of nitrogens with one attached hydrogen (secondary N) is 1. The Bertz CT molecular complexity index is 783. The molecule has 0 radical (unpaired) electrons. The smallest absolute Gasteiger partial charge is 0.337 e. The summed E-state index contributed by atoms with van der Waals surface area (Å²) in [4.78, 5) is 29.5. The highest BCUT2D eigenvalue weighted by molar-refractivity contribution is 6.30. The van der Waals surface area contributed by atoms with Gasteiger partial charge in [0.05, 0.1) is 29.8 Å². The number of pyridine rings is 1. The van der Waals surface area contributed by atoms with E-state index in [4.69, 9.17) is 21.1 Å². The molecule has 0 saturated carbocycles. The van der Waals surface area contributed by atoms with Crippen LogP contribution < -0.4 is 5.32 Å². The van der Waals surface area contributed by atoms with Gasteiger partial charge in [-0.05, 0) is 40.7 Å². The monoisotopic (exact) mass is 378 g/mol. The molecule has 6 nitrogen and oxygen atoms in total. The highest BCUT2D eigenvalue weighted by Crippen LogP contribution is 2.41. The summed E-state index contributed by atoms with van der Waals surface area (Å²) in [5.74, 6) is -1.74. The fraction of sp³-hybridized carbons (Fsp3) is 0.421. The van der Waals surface area contributed by atoms with Crippen LogP contribution in [0.4, 0.5) is 0 Å². The van der Waals surface area contributed by atoms with Gasteiger partial charge in [-0.25, -0.2) is 14.6 Å². The van der Waals surface area contributed by atoms with Crippen LogP contribution in [0.2, 0.25) is 5.15 Å². The van der Waals surface area contributed by atoms with Crippen LogP contribution in [0.3, 0.4) is 0 Å². The fourth-order valence-corrected chi connectivity index (χ4v) is 3.17. The molecular weight excluding hydrogens is 356 g/mol. The zero-order chi connectivity index (χ0) is 19.4. The first-order valence-corrected chi connectivity index (χ1v) is 8.82. The Labute approximate surface area is 158 Å². The van der Waals surface area contributed by atoms with Crippen molar-refractivity contribution in [3.05, 3.63) is 51.6 Å². The number of hydrogen-bond donors (Lipinski definition) is 1. The van der Waals surface area contributed by atoms with Gasteiger partial charge in [0.25, 0.3) is 0 Å². The maximum Gasteiger partial charge on any atom is 0.337 e. The molecule has 2 heterocycles. The standard InChI is InChI=1S/C19H23ClN2O4/c1-6-25-18(23)14-11(4)22-12(5)15(19(24)26-10(2)3)16(14)13-8-7-9-21-17(13)20/h7-10,16,22H,6H2,1-5H3. The number of esters is 2. The first-order valence-electron chi connectivity index (χ1n) is 8.44. The van der Waals surface area contributed by atoms with E-state index in [-0.39, 0.29) is 17.9 Å². The zero-order valence-corrected chi connectivity index (χ0v) is 16.3. The Balaban J connectivity index is 2.66. The van der Waals surface area contributed by atoms with E-state index in [9.17, 15) is 9.59 Å². The first-order chi connectivity index (χ1) is 12.3. The molecule has 0 saturated heterocycles. The Morgan fingerprint density at radius 1 is 1.23 bits per heavy atom. The third-order valence-electron chi connectivity index (χ3n) is 3.92. The minimum atomic E-state index is -0.720. The van der Waals surface area contributed by atoms with Crippen molar-refractivity contribution in [2.75, 3.05) is 6.61 Å². The van der Waals surface area contributed by atoms with Gasteiger partial charge in [0.2, 0.25) is 0 Å². The van der Waals surface area contributed by atoms with Crippen LogP contribution in [-0.2, 0) is 19.1 Å². The summed E-state index contributed by atoms with van der Waals surface area (Å²) in [6.07, 6.45) is 1.25. The van der Waals surface area contributed by atoms with Crippen molar-refractivity contribution in [2.24, 2.45) is 0 Å². The van der Waals surface area contributed by atoms with E-state index in [1.165, 1.54) is 0 Å². The molecule has 2 rings (SSSR count). The Hall–Kier alpha value is -2.34. The number of ether oxygens (including phenoxy) is 2. The lowest BCUT2D eigenvalue weighted by atomic mass is 9.81. The molecule has 1 aliphatic heterocycles. The molecule has 0 bridgehead atoms. The molecule has 0 aromatic carbocycles. The summed E-state index contributed by atoms with van der Waals surface area (Å²) in [7, 11) is 0. The quantitative estimate of drug-likeness (QED) is 0.624. The van der Waals surface area contributed by atoms with Gasteiger partial charge in [-0.1, -0.05) is 17.7 Å². The number of dihydropyridines is 1. The van der Waals surface area contributed by atoms with Crippen molar-refractivity contribution >= 4 is 23.5 Å². The van der Waals surface area contributed by atoms with Crippen molar-refractivity contribution in [1.29, 1.82) is 0 Å². The summed E-state index contributed by atoms with van der Waals surface area (Å²) in [5.41, 5.74) is 2.40. The average molecular weight is 379 g/mol. The molecule has 1 atom stereocenters. The van der Waals surface area contributed by atoms with Gasteiger partial charge in [0, 0.05) is 23.2 Å². The summed E-state index contributed by atoms with van der Waals surface area (Å²) >= 11 is 6.29. The van der Waals surface area contributed by atoms with E-state index in [2.05, 4.69) is 10.3 Å². The van der Waals surface area contributed by atoms with E-state index in [1.807, 2.05) is 0 Å². The highest BCUT2D eigenvalue weighted by Gasteiger charge is 2.39. The second-order valence-electron chi connectivity index (χ2n) is 6.19. The van der Waals surface area contributed by atoms with Crippen LogP contribution in [0.5, 0.6) is 0 Å². The van der Waals surface area contributed by atoms with Crippen molar-refractivity contribution in [3.8, 4) is 0 Å². The number of aromatic nitrogens is 1. The summed E-state index contributed by atoms with van der Waals surface area (Å²) < 4.78 is 10.6. The predicted molar refractivity (Wildman–Crippen MR) is 98.4 cm³/mol. The predicted octanol–water partition coefficient (Wildman–Crippen LogP) is 3.48. The van der Waals surface area contributed by atoms with Gasteiger partial charge in [-0.15, -0.1) is 0 Å². The van der Waals surface area contributed by atoms with E-state index >= 15 is 0 Å². The first kappa shape index (κ1) is 20.0. The maximum absolute atomic E-state index is 12.8. The van der Waals surface area contributed by atoms with Crippen LogP contribution in [0, 0.1) is 0 Å². The number of nitrogens with zero attached hydrogens (tertiary/aromatic N) is 1. The number of carbonyl (C=O) groups is 2. The minimum Gasteiger partial charge on any atom is -0.463 e. The number of allylic oxidation sites excluding steroid dienone is 2. The zero-order valence-electron chi connectivity index (χ0n) is 15.6. The third-order valence-corrected chi connectivity index (χ3v) is 4.23. The van der Waals surface area contributed by atoms with Gasteiger partial charge in [-0.2, -0.15) is 0 Å². The molecule has 0 fully saturated rings. The average Bonchev–Trinajstić information content (AvgIpc) is 2.53. The molecule has 1 N–H and O–H groups in total. The van der Waals surface area contributed by atoms with Crippen LogP contribution in [0.25, 0.3) is 0 Å². The number of halogens is 1. The van der Waals surface area contributed by atoms with E-state index in [0.29, 0.717) is 28.1 Å². The summed E-state index contributed by atoms with van der Waals surface area (Å²) in [6.45, 7) is 9.01. The Kier molecular flexibility index (Phi) is 6.42. The molecule has 1 unspecified atom stereocenters. The molecule has 1 aromatic heterocycles. The molecule has 1 aliphatic rings. The van der Waals surface area contributed by atoms with Crippen LogP contribution >= 0.6 is 11.6 Å². The minimum absolute atomic E-state index is 0.219. The maximum atomic E-state index is 12.8. The lowest BCUT2D eigenvalue weighted by Gasteiger charge is -2.31. The van der Waals surface area contributed by atoms with Crippen molar-refractivity contribution in [2.45, 2.75) is 46.6 Å². The normalized spacial score (nSPS) is 17.3. The van der Waals surface area contributed by atoms with Gasteiger partial charge < -0.3 is 14.8 Å². The van der Waals surface area contributed by atoms with E-state index < -0.39 is 17.9 Å². The summed E-state index contributed by atoms with van der Waals surface area (Å²) in [5, 5.41) is 3.31. The van der Waals surface area contributed by atoms with Crippen LogP contribution in [-0.4, -0.2) is 29.6 Å². The van der Waals surface area contributed by atoms with Crippen molar-refractivity contribution in [3.63, 3.8) is 0 Å². The van der Waals surface area contributed by atoms with Crippen molar-refractivity contribution in [1.82, 2.24) is 10.3 Å². The third kappa shape index (κ3) is 4.07. The second kappa shape index (κ2) is 8.36. The highest BCUT2D eigenvalue weighted by atomic mass is 35.5. The SMILES string of the molecule is CCOC(=O)C1=C(C)NC(C)=C(C(=O)OC(C)C)C1c1cccnc1Cl. The van der Waals surface area contributed by atoms with Gasteiger partial charge in [0.15, 0.2) is 0 Å². The number of hydrogen-bond acceptors (Lipinski definition) is 6. The molecule has 26 heavy (non-hydrogen) atoms. The number of carbonyl (C=O) groups excluding carboxylic acids is 2. The molecule has 1 aromatic rings. The van der Waals surface area contributed by atoms with Gasteiger partial charge in [-0.3, -0.25) is 0 Å². The van der Waals surface area contributed by atoms with E-state index in [1.54, 1.807) is 52.9 Å². The topological polar surface area (TPSA) is 77.5 Å². The number of rotatable bonds is 5. The largest absolute Gasteiger partial charge is 0.463 e. The second-order valence-corrected chi connectivity index (χ2v) is 6.55. The molecule has 7 heteroatoms. The van der Waals surface area contributed by atoms with Crippen LogP contribution in [0.15, 0.2) is 40.9 Å².